The van der Waals surface area contributed by atoms with Crippen LogP contribution in [0, 0.1) is 18.3 Å². The molecule has 4 heterocycles. The lowest BCUT2D eigenvalue weighted by Gasteiger charge is -2.35. The molecule has 0 unspecified atom stereocenters. The number of carbonyl (C=O) groups excluding carboxylic acids is 6. The Morgan fingerprint density at radius 1 is 0.972 bits per heavy atom. The minimum atomic E-state index is -0.971. The van der Waals surface area contributed by atoms with Gasteiger partial charge in [0.25, 0.3) is 0 Å². The van der Waals surface area contributed by atoms with E-state index in [1.165, 1.54) is 4.90 Å². The SMILES string of the molecule is Cc1ncsc1-c1ccc(CNC(=O)[C@@H]2C[C@@H](O)CN2C(=O)[C@@H](NC(=O)COCCCc2ccc(CO[C@H](C)[C@H](CCC(N)=O)CC(=O)[C@@H]3Cc4cccc5c4N3C(=O)[C@@H](N)CC5)cc2)C(C)(C)C)cc1. The molecule has 0 spiro atoms. The Labute approximate surface area is 420 Å². The Balaban J connectivity index is 0.841. The number of aliphatic hydroxyl groups is 1. The van der Waals surface area contributed by atoms with Crippen LogP contribution < -0.4 is 27.0 Å². The van der Waals surface area contributed by atoms with Gasteiger partial charge in [-0.2, -0.15) is 0 Å². The summed E-state index contributed by atoms with van der Waals surface area (Å²) in [5.74, 6) is -2.37. The fourth-order valence-electron chi connectivity index (χ4n) is 9.83. The summed E-state index contributed by atoms with van der Waals surface area (Å²) >= 11 is 1.57. The molecule has 4 aromatic rings. The van der Waals surface area contributed by atoms with Crippen LogP contribution >= 0.6 is 11.3 Å². The van der Waals surface area contributed by atoms with Gasteiger partial charge in [-0.15, -0.1) is 11.3 Å². The normalized spacial score (nSPS) is 20.0. The van der Waals surface area contributed by atoms with E-state index >= 15 is 0 Å². The third-order valence-corrected chi connectivity index (χ3v) is 14.9. The monoisotopic (exact) mass is 991 g/mol. The highest BCUT2D eigenvalue weighted by atomic mass is 32.1. The van der Waals surface area contributed by atoms with Gasteiger partial charge in [-0.1, -0.05) is 87.5 Å². The molecule has 3 aliphatic heterocycles. The molecule has 0 saturated carbocycles. The van der Waals surface area contributed by atoms with Crippen molar-refractivity contribution in [3.63, 3.8) is 0 Å². The third-order valence-electron chi connectivity index (χ3n) is 13.9. The fraction of sp³-hybridized carbons (Fsp3) is 0.500. The molecule has 71 heavy (non-hydrogen) atoms. The summed E-state index contributed by atoms with van der Waals surface area (Å²) in [4.78, 5) is 88.4. The molecule has 5 amide bonds. The number of amides is 5. The van der Waals surface area contributed by atoms with E-state index in [0.29, 0.717) is 45.1 Å². The Kier molecular flexibility index (Phi) is 17.6. The zero-order chi connectivity index (χ0) is 51.0. The number of nitrogens with two attached hydrogens (primary N) is 2. The first-order chi connectivity index (χ1) is 33.9. The molecule has 7 N–H and O–H groups in total. The van der Waals surface area contributed by atoms with Crippen LogP contribution in [0.4, 0.5) is 5.69 Å². The van der Waals surface area contributed by atoms with E-state index in [-0.39, 0.29) is 75.2 Å². The summed E-state index contributed by atoms with van der Waals surface area (Å²) in [6, 6.07) is 18.5. The number of carbonyl (C=O) groups is 6. The average Bonchev–Trinajstić information content (AvgIpc) is 4.06. The lowest BCUT2D eigenvalue weighted by atomic mass is 9.85. The van der Waals surface area contributed by atoms with Crippen molar-refractivity contribution < 1.29 is 43.3 Å². The van der Waals surface area contributed by atoms with Gasteiger partial charge in [0.05, 0.1) is 52.7 Å². The van der Waals surface area contributed by atoms with Crippen LogP contribution in [-0.2, 0) is 70.7 Å². The molecule has 0 bridgehead atoms. The fourth-order valence-corrected chi connectivity index (χ4v) is 10.6. The maximum Gasteiger partial charge on any atom is 0.246 e. The van der Waals surface area contributed by atoms with E-state index in [2.05, 4.69) is 15.6 Å². The van der Waals surface area contributed by atoms with Crippen LogP contribution in [0.3, 0.4) is 0 Å². The van der Waals surface area contributed by atoms with Gasteiger partial charge in [-0.25, -0.2) is 4.98 Å². The van der Waals surface area contributed by atoms with Crippen molar-refractivity contribution in [1.29, 1.82) is 0 Å². The molecule has 0 aliphatic carbocycles. The number of anilines is 1. The van der Waals surface area contributed by atoms with Gasteiger partial charge >= 0.3 is 0 Å². The van der Waals surface area contributed by atoms with Gasteiger partial charge in [0.15, 0.2) is 5.78 Å². The molecule has 7 atom stereocenters. The number of rotatable bonds is 22. The summed E-state index contributed by atoms with van der Waals surface area (Å²) in [6.07, 6.45) is 2.36. The highest BCUT2D eigenvalue weighted by Crippen LogP contribution is 2.40. The van der Waals surface area contributed by atoms with Crippen LogP contribution in [0.2, 0.25) is 0 Å². The Morgan fingerprint density at radius 3 is 2.37 bits per heavy atom. The van der Waals surface area contributed by atoms with Crippen molar-refractivity contribution in [1.82, 2.24) is 20.5 Å². The number of aromatic nitrogens is 1. The summed E-state index contributed by atoms with van der Waals surface area (Å²) in [5.41, 5.74) is 20.6. The minimum Gasteiger partial charge on any atom is -0.391 e. The number of β-amino-alcohol motifs (C(OH)–C–C–N with tert-alkyl or cyclic N) is 1. The summed E-state index contributed by atoms with van der Waals surface area (Å²) in [6.45, 7) is 9.92. The zero-order valence-corrected chi connectivity index (χ0v) is 42.3. The summed E-state index contributed by atoms with van der Waals surface area (Å²) in [5, 5.41) is 16.4. The second kappa shape index (κ2) is 23.6. The Morgan fingerprint density at radius 2 is 1.68 bits per heavy atom. The van der Waals surface area contributed by atoms with Crippen LogP contribution in [0.15, 0.2) is 72.2 Å². The number of ether oxygens (including phenoxy) is 2. The zero-order valence-electron chi connectivity index (χ0n) is 41.5. The number of aliphatic hydroxyl groups excluding tert-OH is 1. The van der Waals surface area contributed by atoms with Crippen molar-refractivity contribution in [3.05, 3.63) is 106 Å². The molecule has 3 aliphatic rings. The average molecular weight is 992 g/mol. The number of ketones is 1. The maximum absolute atomic E-state index is 14.0. The number of para-hydroxylation sites is 1. The number of hydrogen-bond acceptors (Lipinski definition) is 12. The topological polar surface area (TPSA) is 237 Å². The van der Waals surface area contributed by atoms with Gasteiger partial charge in [0.2, 0.25) is 29.5 Å². The van der Waals surface area contributed by atoms with E-state index in [1.54, 1.807) is 16.2 Å². The van der Waals surface area contributed by atoms with Gasteiger partial charge in [-0.3, -0.25) is 33.7 Å². The highest BCUT2D eigenvalue weighted by Gasteiger charge is 2.45. The number of Topliss-reactive ketones (excluding diaryl/α,β-unsaturated/α-hetero) is 1. The molecule has 3 aromatic carbocycles. The van der Waals surface area contributed by atoms with E-state index in [0.717, 1.165) is 49.6 Å². The predicted molar refractivity (Wildman–Crippen MR) is 271 cm³/mol. The van der Waals surface area contributed by atoms with Gasteiger partial charge in [0, 0.05) is 45.4 Å². The van der Waals surface area contributed by atoms with Gasteiger partial charge in [-0.05, 0) is 90.7 Å². The Bertz CT molecular complexity index is 2540. The molecule has 1 saturated heterocycles. The van der Waals surface area contributed by atoms with Crippen molar-refractivity contribution >= 4 is 52.3 Å². The quantitative estimate of drug-likeness (QED) is 0.0668. The van der Waals surface area contributed by atoms with Gasteiger partial charge < -0.3 is 41.6 Å². The first kappa shape index (κ1) is 53.0. The first-order valence-corrected chi connectivity index (χ1v) is 25.6. The number of likely N-dealkylation sites (tertiary alicyclic amines) is 1. The molecule has 16 nitrogen and oxygen atoms in total. The number of aryl methyl sites for hydroxylation is 3. The molecule has 380 valence electrons. The highest BCUT2D eigenvalue weighted by molar-refractivity contribution is 7.13. The van der Waals surface area contributed by atoms with Crippen molar-refractivity contribution in [3.8, 4) is 10.4 Å². The molecule has 7 rings (SSSR count). The van der Waals surface area contributed by atoms with E-state index < -0.39 is 53.4 Å². The summed E-state index contributed by atoms with van der Waals surface area (Å²) < 4.78 is 12.0. The first-order valence-electron chi connectivity index (χ1n) is 24.7. The standard InChI is InChI=1S/C54H69N7O9S/c1-32-49(71-31-58-32)38-17-15-35(16-18-38)27-57-51(66)44-26-41(62)28-60(44)53(68)50(54(3,4)5)59-47(65)30-69-23-7-8-34-11-13-36(14-12-34)29-70-33(2)39(20-22-46(56)64)25-45(63)43-24-40-10-6-9-37-19-21-42(55)52(67)61(43)48(37)40/h6,9-18,31,33,39,41-44,50,62H,7-8,19-30,55H2,1-5H3,(H2,56,64)(H,57,66)(H,59,65)/t33-,39-,41-,42+,43+,44+,50-/m1/s1. The number of benzene rings is 3. The molecular weight excluding hydrogens is 923 g/mol. The molecule has 1 fully saturated rings. The van der Waals surface area contributed by atoms with Crippen molar-refractivity contribution in [2.45, 2.75) is 142 Å². The second-order valence-electron chi connectivity index (χ2n) is 20.4. The van der Waals surface area contributed by atoms with Crippen LogP contribution in [0.5, 0.6) is 0 Å². The van der Waals surface area contributed by atoms with Gasteiger partial charge in [0.1, 0.15) is 18.7 Å². The number of nitrogens with one attached hydrogen (secondary N) is 2. The smallest absolute Gasteiger partial charge is 0.246 e. The minimum absolute atomic E-state index is 0.0233. The molecule has 1 aromatic heterocycles. The lowest BCUT2D eigenvalue weighted by molar-refractivity contribution is -0.144. The molecular formula is C54H69N7O9S. The second-order valence-corrected chi connectivity index (χ2v) is 21.2. The Hall–Kier alpha value is -5.85. The third kappa shape index (κ3) is 13.4. The lowest BCUT2D eigenvalue weighted by Crippen LogP contribution is -2.58. The van der Waals surface area contributed by atoms with Crippen molar-refractivity contribution in [2.75, 3.05) is 24.7 Å². The molecule has 0 radical (unpaired) electrons. The predicted octanol–water partition coefficient (Wildman–Crippen LogP) is 4.85. The maximum atomic E-state index is 14.0. The van der Waals surface area contributed by atoms with Crippen molar-refractivity contribution in [2.24, 2.45) is 22.8 Å². The number of thiazole rings is 1. The number of primary amides is 1. The van der Waals surface area contributed by atoms with E-state index in [4.69, 9.17) is 20.9 Å². The summed E-state index contributed by atoms with van der Waals surface area (Å²) in [7, 11) is 0. The molecule has 17 heteroatoms. The van der Waals surface area contributed by atoms with E-state index in [1.807, 2.05) is 107 Å². The number of nitrogens with zero attached hydrogens (tertiary/aromatic N) is 3. The number of hydrogen-bond donors (Lipinski definition) is 5. The van der Waals surface area contributed by atoms with Crippen LogP contribution in [-0.4, -0.2) is 106 Å². The van der Waals surface area contributed by atoms with Crippen LogP contribution in [0.1, 0.15) is 99.7 Å². The van der Waals surface area contributed by atoms with Crippen LogP contribution in [0.25, 0.3) is 10.4 Å². The largest absolute Gasteiger partial charge is 0.391 e. The van der Waals surface area contributed by atoms with E-state index in [9.17, 15) is 33.9 Å².